The van der Waals surface area contributed by atoms with Crippen molar-refractivity contribution >= 4 is 23.1 Å². The lowest BCUT2D eigenvalue weighted by atomic mass is 10.0. The minimum atomic E-state index is -0.410. The number of nitrogens with one attached hydrogen (secondary N) is 1. The first-order chi connectivity index (χ1) is 16.0. The molecule has 0 spiro atoms. The number of ether oxygens (including phenoxy) is 3. The second kappa shape index (κ2) is 9.48. The van der Waals surface area contributed by atoms with Gasteiger partial charge in [0.2, 0.25) is 0 Å². The topological polar surface area (TPSA) is 77.1 Å². The standard InChI is InChI=1S/C26H24N2O5/c1-31-20-12-8-17(9-13-20)23-24(27-19-10-14-21(32-2)15-11-19)26(30)28(25(23)29)16-18-6-4-5-7-22(18)33-3/h4-15,27H,16H2,1-3H3. The lowest BCUT2D eigenvalue weighted by molar-refractivity contribution is -0.137. The van der Waals surface area contributed by atoms with Crippen molar-refractivity contribution in [3.05, 3.63) is 89.6 Å². The van der Waals surface area contributed by atoms with E-state index >= 15 is 0 Å². The van der Waals surface area contributed by atoms with Crippen molar-refractivity contribution < 1.29 is 23.8 Å². The molecular weight excluding hydrogens is 420 g/mol. The molecule has 7 nitrogen and oxygen atoms in total. The highest BCUT2D eigenvalue weighted by molar-refractivity contribution is 6.36. The lowest BCUT2D eigenvalue weighted by Gasteiger charge is -2.17. The van der Waals surface area contributed by atoms with E-state index in [1.54, 1.807) is 75.9 Å². The Kier molecular flexibility index (Phi) is 6.31. The molecule has 168 valence electrons. The zero-order valence-electron chi connectivity index (χ0n) is 18.6. The molecule has 2 amide bonds. The minimum absolute atomic E-state index is 0.0924. The van der Waals surface area contributed by atoms with Gasteiger partial charge in [-0.2, -0.15) is 0 Å². The molecule has 7 heteroatoms. The Balaban J connectivity index is 1.73. The van der Waals surface area contributed by atoms with Gasteiger partial charge in [-0.25, -0.2) is 0 Å². The molecule has 3 aromatic rings. The van der Waals surface area contributed by atoms with Gasteiger partial charge in [0, 0.05) is 11.3 Å². The molecule has 4 rings (SSSR count). The Morgan fingerprint density at radius 3 is 1.94 bits per heavy atom. The molecule has 0 unspecified atom stereocenters. The number of rotatable bonds is 8. The maximum atomic E-state index is 13.5. The van der Waals surface area contributed by atoms with E-state index in [9.17, 15) is 9.59 Å². The summed E-state index contributed by atoms with van der Waals surface area (Å²) in [5, 5.41) is 3.14. The summed E-state index contributed by atoms with van der Waals surface area (Å²) < 4.78 is 15.8. The van der Waals surface area contributed by atoms with Crippen LogP contribution in [0, 0.1) is 0 Å². The first-order valence-electron chi connectivity index (χ1n) is 10.3. The first kappa shape index (κ1) is 22.0. The number of methoxy groups -OCH3 is 3. The van der Waals surface area contributed by atoms with Crippen molar-refractivity contribution in [2.75, 3.05) is 26.6 Å². The molecule has 0 saturated carbocycles. The van der Waals surface area contributed by atoms with Crippen LogP contribution in [0.1, 0.15) is 11.1 Å². The molecule has 0 aromatic heterocycles. The molecule has 1 aliphatic heterocycles. The van der Waals surface area contributed by atoms with Gasteiger partial charge < -0.3 is 19.5 Å². The Bertz CT molecular complexity index is 1200. The molecule has 0 radical (unpaired) electrons. The number of anilines is 1. The number of amides is 2. The van der Waals surface area contributed by atoms with Crippen LogP contribution in [0.4, 0.5) is 5.69 Å². The number of nitrogens with zero attached hydrogens (tertiary/aromatic N) is 1. The molecule has 0 atom stereocenters. The van der Waals surface area contributed by atoms with E-state index in [2.05, 4.69) is 5.32 Å². The number of imide groups is 1. The summed E-state index contributed by atoms with van der Waals surface area (Å²) in [4.78, 5) is 28.2. The van der Waals surface area contributed by atoms with Gasteiger partial charge in [-0.15, -0.1) is 0 Å². The average Bonchev–Trinajstić information content (AvgIpc) is 3.09. The van der Waals surface area contributed by atoms with E-state index in [0.717, 1.165) is 5.56 Å². The van der Waals surface area contributed by atoms with Crippen molar-refractivity contribution in [2.24, 2.45) is 0 Å². The summed E-state index contributed by atoms with van der Waals surface area (Å²) in [6.07, 6.45) is 0. The number of benzene rings is 3. The molecular formula is C26H24N2O5. The van der Waals surface area contributed by atoms with Crippen LogP contribution in [-0.4, -0.2) is 38.0 Å². The van der Waals surface area contributed by atoms with Gasteiger partial charge in [-0.3, -0.25) is 14.5 Å². The fraction of sp³-hybridized carbons (Fsp3) is 0.154. The van der Waals surface area contributed by atoms with E-state index in [-0.39, 0.29) is 18.1 Å². The molecule has 1 N–H and O–H groups in total. The predicted octanol–water partition coefficient (Wildman–Crippen LogP) is 4.10. The summed E-state index contributed by atoms with van der Waals surface area (Å²) >= 11 is 0. The summed E-state index contributed by atoms with van der Waals surface area (Å²) in [6, 6.07) is 21.5. The molecule has 3 aromatic carbocycles. The van der Waals surface area contributed by atoms with Crippen LogP contribution in [0.2, 0.25) is 0 Å². The second-order valence-corrected chi connectivity index (χ2v) is 7.34. The minimum Gasteiger partial charge on any atom is -0.497 e. The van der Waals surface area contributed by atoms with Crippen LogP contribution >= 0.6 is 0 Å². The van der Waals surface area contributed by atoms with Gasteiger partial charge in [0.15, 0.2) is 0 Å². The number of carbonyl (C=O) groups is 2. The monoisotopic (exact) mass is 444 g/mol. The normalized spacial score (nSPS) is 13.4. The van der Waals surface area contributed by atoms with Crippen LogP contribution in [0.15, 0.2) is 78.5 Å². The Labute approximate surface area is 192 Å². The highest BCUT2D eigenvalue weighted by atomic mass is 16.5. The Morgan fingerprint density at radius 2 is 1.33 bits per heavy atom. The first-order valence-corrected chi connectivity index (χ1v) is 10.3. The van der Waals surface area contributed by atoms with Gasteiger partial charge in [0.05, 0.1) is 33.4 Å². The van der Waals surface area contributed by atoms with E-state index in [0.29, 0.717) is 34.1 Å². The Hall–Kier alpha value is -4.26. The lowest BCUT2D eigenvalue weighted by Crippen LogP contribution is -2.32. The molecule has 0 fully saturated rings. The summed E-state index contributed by atoms with van der Waals surface area (Å²) in [5.41, 5.74) is 2.53. The van der Waals surface area contributed by atoms with Gasteiger partial charge in [-0.1, -0.05) is 30.3 Å². The van der Waals surface area contributed by atoms with Gasteiger partial charge >= 0.3 is 0 Å². The van der Waals surface area contributed by atoms with Crippen LogP contribution < -0.4 is 19.5 Å². The quantitative estimate of drug-likeness (QED) is 0.527. The SMILES string of the molecule is COc1ccc(NC2=C(c3ccc(OC)cc3)C(=O)N(Cc3ccccc3OC)C2=O)cc1. The van der Waals surface area contributed by atoms with Crippen LogP contribution in [0.5, 0.6) is 17.2 Å². The maximum absolute atomic E-state index is 13.5. The molecule has 0 saturated heterocycles. The molecule has 0 aliphatic carbocycles. The summed E-state index contributed by atoms with van der Waals surface area (Å²) in [7, 11) is 4.72. The fourth-order valence-corrected chi connectivity index (χ4v) is 3.68. The summed E-state index contributed by atoms with van der Waals surface area (Å²) in [5.74, 6) is 1.17. The van der Waals surface area contributed by atoms with Crippen molar-refractivity contribution in [2.45, 2.75) is 6.54 Å². The van der Waals surface area contributed by atoms with Crippen molar-refractivity contribution in [3.8, 4) is 17.2 Å². The van der Waals surface area contributed by atoms with Gasteiger partial charge in [-0.05, 0) is 48.0 Å². The number of hydrogen-bond acceptors (Lipinski definition) is 6. The fourth-order valence-electron chi connectivity index (χ4n) is 3.68. The third-order valence-electron chi connectivity index (χ3n) is 5.43. The van der Waals surface area contributed by atoms with Crippen molar-refractivity contribution in [1.82, 2.24) is 4.90 Å². The van der Waals surface area contributed by atoms with Gasteiger partial charge in [0.25, 0.3) is 11.8 Å². The third-order valence-corrected chi connectivity index (χ3v) is 5.43. The van der Waals surface area contributed by atoms with E-state index in [4.69, 9.17) is 14.2 Å². The highest BCUT2D eigenvalue weighted by Gasteiger charge is 2.39. The summed E-state index contributed by atoms with van der Waals surface area (Å²) in [6.45, 7) is 0.0924. The zero-order valence-corrected chi connectivity index (χ0v) is 18.6. The Morgan fingerprint density at radius 1 is 0.727 bits per heavy atom. The van der Waals surface area contributed by atoms with E-state index < -0.39 is 5.91 Å². The molecule has 1 heterocycles. The molecule has 33 heavy (non-hydrogen) atoms. The average molecular weight is 444 g/mol. The van der Waals surface area contributed by atoms with Crippen molar-refractivity contribution in [1.29, 1.82) is 0 Å². The highest BCUT2D eigenvalue weighted by Crippen LogP contribution is 2.33. The van der Waals surface area contributed by atoms with Crippen LogP contribution in [-0.2, 0) is 16.1 Å². The zero-order chi connectivity index (χ0) is 23.4. The van der Waals surface area contributed by atoms with E-state index in [1.807, 2.05) is 18.2 Å². The third kappa shape index (κ3) is 4.39. The van der Waals surface area contributed by atoms with Crippen molar-refractivity contribution in [3.63, 3.8) is 0 Å². The molecule has 1 aliphatic rings. The molecule has 0 bridgehead atoms. The van der Waals surface area contributed by atoms with E-state index in [1.165, 1.54) is 4.90 Å². The number of hydrogen-bond donors (Lipinski definition) is 1. The van der Waals surface area contributed by atoms with Crippen LogP contribution in [0.3, 0.4) is 0 Å². The maximum Gasteiger partial charge on any atom is 0.278 e. The van der Waals surface area contributed by atoms with Crippen LogP contribution in [0.25, 0.3) is 5.57 Å². The predicted molar refractivity (Wildman–Crippen MR) is 125 cm³/mol. The smallest absolute Gasteiger partial charge is 0.278 e. The number of para-hydroxylation sites is 1. The largest absolute Gasteiger partial charge is 0.497 e. The second-order valence-electron chi connectivity index (χ2n) is 7.34. The number of carbonyl (C=O) groups excluding carboxylic acids is 2. The van der Waals surface area contributed by atoms with Gasteiger partial charge in [0.1, 0.15) is 22.9 Å².